The van der Waals surface area contributed by atoms with Crippen molar-refractivity contribution >= 4 is 11.9 Å². The van der Waals surface area contributed by atoms with E-state index in [1.165, 1.54) is 30.3 Å². The van der Waals surface area contributed by atoms with Crippen molar-refractivity contribution in [3.63, 3.8) is 0 Å². The maximum absolute atomic E-state index is 12.7. The number of hydrogen-bond donors (Lipinski definition) is 9. The van der Waals surface area contributed by atoms with Crippen LogP contribution in [0.2, 0.25) is 0 Å². The van der Waals surface area contributed by atoms with Crippen molar-refractivity contribution in [3.05, 3.63) is 82.4 Å². The van der Waals surface area contributed by atoms with Gasteiger partial charge in [-0.2, -0.15) is 0 Å². The minimum Gasteiger partial charge on any atom is -0.508 e. The normalized spacial score (nSPS) is 15.0. The van der Waals surface area contributed by atoms with Crippen molar-refractivity contribution in [2.75, 3.05) is 6.61 Å². The van der Waals surface area contributed by atoms with Gasteiger partial charge in [0.1, 0.15) is 40.4 Å². The standard InChI is InChI=1S/C22H18O10.C10H12O4/c23-11-6-14(25)12-8-19(32-22(30)10-4-16(27)20(29)17(28)5-10)21(31-18(12)7-11)9-1-2-13(24)15(26)3-9;1-3-14-10(13)9-6(2)4-7(11)5-8(9)12/h1-7,19,21,23-29H,8H2;4-5,11-12H,3H2,1-2H3. The summed E-state index contributed by atoms with van der Waals surface area (Å²) in [6, 6.07) is 10.6. The molecule has 0 amide bonds. The highest BCUT2D eigenvalue weighted by atomic mass is 16.6. The minimum absolute atomic E-state index is 0.0461. The first-order valence-corrected chi connectivity index (χ1v) is 13.6. The number of hydrogen-bond acceptors (Lipinski definition) is 14. The molecule has 0 bridgehead atoms. The van der Waals surface area contributed by atoms with Crippen LogP contribution in [-0.2, 0) is 15.9 Å². The first-order chi connectivity index (χ1) is 21.7. The van der Waals surface area contributed by atoms with Gasteiger partial charge in [-0.1, -0.05) is 6.07 Å². The Morgan fingerprint density at radius 3 is 1.98 bits per heavy atom. The molecule has 0 aliphatic carbocycles. The predicted octanol–water partition coefficient (Wildman–Crippen LogP) is 4.11. The summed E-state index contributed by atoms with van der Waals surface area (Å²) in [6.45, 7) is 3.55. The molecule has 2 unspecified atom stereocenters. The van der Waals surface area contributed by atoms with Crippen LogP contribution in [-0.4, -0.2) is 70.6 Å². The molecular formula is C32H30O14. The molecule has 4 aromatic carbocycles. The number of phenolic OH excluding ortho intramolecular Hbond substituents is 9. The second-order valence-electron chi connectivity index (χ2n) is 10.1. The summed E-state index contributed by atoms with van der Waals surface area (Å²) in [4.78, 5) is 24.0. The van der Waals surface area contributed by atoms with E-state index in [0.29, 0.717) is 11.1 Å². The number of phenols is 9. The second kappa shape index (κ2) is 13.2. The molecule has 0 saturated carbocycles. The Morgan fingerprint density at radius 1 is 0.739 bits per heavy atom. The third-order valence-electron chi connectivity index (χ3n) is 6.84. The molecule has 4 aromatic rings. The molecular weight excluding hydrogens is 608 g/mol. The number of benzene rings is 4. The Labute approximate surface area is 260 Å². The Kier molecular flexibility index (Phi) is 9.40. The molecule has 0 radical (unpaired) electrons. The van der Waals surface area contributed by atoms with Gasteiger partial charge in [-0.25, -0.2) is 9.59 Å². The van der Waals surface area contributed by atoms with Crippen LogP contribution in [0.25, 0.3) is 0 Å². The van der Waals surface area contributed by atoms with E-state index < -0.39 is 47.1 Å². The van der Waals surface area contributed by atoms with Gasteiger partial charge in [0.05, 0.1) is 12.2 Å². The number of aryl methyl sites for hydroxylation is 1. The fraction of sp³-hybridized carbons (Fsp3) is 0.188. The third-order valence-corrected chi connectivity index (χ3v) is 6.84. The quantitative estimate of drug-likeness (QED) is 0.110. The van der Waals surface area contributed by atoms with Gasteiger partial charge in [-0.05, 0) is 49.7 Å². The lowest BCUT2D eigenvalue weighted by molar-refractivity contribution is -0.0189. The van der Waals surface area contributed by atoms with E-state index in [4.69, 9.17) is 19.3 Å². The lowest BCUT2D eigenvalue weighted by Gasteiger charge is -2.34. The molecule has 14 heteroatoms. The Balaban J connectivity index is 0.000000288. The smallest absolute Gasteiger partial charge is 0.342 e. The van der Waals surface area contributed by atoms with E-state index in [1.807, 2.05) is 0 Å². The van der Waals surface area contributed by atoms with Gasteiger partial charge in [0.2, 0.25) is 0 Å². The molecule has 242 valence electrons. The zero-order valence-electron chi connectivity index (χ0n) is 24.3. The van der Waals surface area contributed by atoms with Crippen LogP contribution < -0.4 is 4.74 Å². The molecule has 5 rings (SSSR count). The van der Waals surface area contributed by atoms with Crippen LogP contribution in [0.4, 0.5) is 0 Å². The summed E-state index contributed by atoms with van der Waals surface area (Å²) in [5.74, 6) is -5.35. The maximum Gasteiger partial charge on any atom is 0.342 e. The predicted molar refractivity (Wildman–Crippen MR) is 158 cm³/mol. The van der Waals surface area contributed by atoms with E-state index in [2.05, 4.69) is 0 Å². The van der Waals surface area contributed by atoms with Crippen molar-refractivity contribution in [2.24, 2.45) is 0 Å². The summed E-state index contributed by atoms with van der Waals surface area (Å²) < 4.78 is 16.1. The zero-order chi connectivity index (χ0) is 33.9. The van der Waals surface area contributed by atoms with Crippen LogP contribution in [0.3, 0.4) is 0 Å². The van der Waals surface area contributed by atoms with Gasteiger partial charge in [-0.3, -0.25) is 0 Å². The monoisotopic (exact) mass is 638 g/mol. The molecule has 0 aromatic heterocycles. The summed E-state index contributed by atoms with van der Waals surface area (Å²) in [7, 11) is 0. The lowest BCUT2D eigenvalue weighted by atomic mass is 9.93. The molecule has 1 aliphatic rings. The third kappa shape index (κ3) is 6.96. The van der Waals surface area contributed by atoms with E-state index in [-0.39, 0.29) is 64.2 Å². The van der Waals surface area contributed by atoms with Crippen molar-refractivity contribution in [3.8, 4) is 57.5 Å². The first-order valence-electron chi connectivity index (χ1n) is 13.6. The topological polar surface area (TPSA) is 244 Å². The number of carbonyl (C=O) groups is 2. The number of ether oxygens (including phenoxy) is 3. The van der Waals surface area contributed by atoms with Crippen LogP contribution in [0.1, 0.15) is 50.4 Å². The summed E-state index contributed by atoms with van der Waals surface area (Å²) in [5, 5.41) is 86.8. The number of aromatic hydroxyl groups is 9. The zero-order valence-corrected chi connectivity index (χ0v) is 24.3. The number of fused-ring (bicyclic) bond motifs is 1. The average molecular weight is 639 g/mol. The van der Waals surface area contributed by atoms with Crippen molar-refractivity contribution in [1.29, 1.82) is 0 Å². The van der Waals surface area contributed by atoms with Gasteiger partial charge < -0.3 is 60.2 Å². The molecule has 2 atom stereocenters. The molecule has 0 fully saturated rings. The van der Waals surface area contributed by atoms with Crippen LogP contribution in [0, 0.1) is 6.92 Å². The molecule has 14 nitrogen and oxygen atoms in total. The van der Waals surface area contributed by atoms with Crippen molar-refractivity contribution < 1.29 is 69.8 Å². The van der Waals surface area contributed by atoms with Crippen molar-refractivity contribution in [2.45, 2.75) is 32.5 Å². The molecule has 1 aliphatic heterocycles. The van der Waals surface area contributed by atoms with Crippen molar-refractivity contribution in [1.82, 2.24) is 0 Å². The second-order valence-corrected chi connectivity index (χ2v) is 10.1. The molecule has 0 saturated heterocycles. The molecule has 0 spiro atoms. The van der Waals surface area contributed by atoms with Crippen LogP contribution in [0.15, 0.2) is 54.6 Å². The Morgan fingerprint density at radius 2 is 1.37 bits per heavy atom. The minimum atomic E-state index is -1.06. The van der Waals surface area contributed by atoms with Gasteiger partial charge in [0.25, 0.3) is 0 Å². The Bertz CT molecular complexity index is 1750. The lowest BCUT2D eigenvalue weighted by Crippen LogP contribution is -2.34. The highest BCUT2D eigenvalue weighted by Crippen LogP contribution is 2.44. The maximum atomic E-state index is 12.7. The van der Waals surface area contributed by atoms with E-state index >= 15 is 0 Å². The summed E-state index contributed by atoms with van der Waals surface area (Å²) >= 11 is 0. The molecule has 9 N–H and O–H groups in total. The first kappa shape index (κ1) is 32.7. The Hall–Kier alpha value is -6.18. The summed E-state index contributed by atoms with van der Waals surface area (Å²) in [6.07, 6.45) is -2.12. The number of rotatable bonds is 5. The highest BCUT2D eigenvalue weighted by Gasteiger charge is 2.37. The SMILES string of the molecule is CCOC(=O)c1c(C)cc(O)cc1O.O=C(OC1Cc2c(O)cc(O)cc2OC1c1ccc(O)c(O)c1)c1cc(O)c(O)c(O)c1. The number of esters is 2. The van der Waals surface area contributed by atoms with Crippen LogP contribution >= 0.6 is 0 Å². The highest BCUT2D eigenvalue weighted by molar-refractivity contribution is 5.94. The van der Waals surface area contributed by atoms with E-state index in [0.717, 1.165) is 24.3 Å². The number of carbonyl (C=O) groups excluding carboxylic acids is 2. The van der Waals surface area contributed by atoms with Gasteiger partial charge in [0.15, 0.2) is 34.9 Å². The van der Waals surface area contributed by atoms with E-state index in [1.54, 1.807) is 13.8 Å². The van der Waals surface area contributed by atoms with Gasteiger partial charge in [-0.15, -0.1) is 0 Å². The fourth-order valence-corrected chi connectivity index (χ4v) is 4.70. The molecule has 1 heterocycles. The van der Waals surface area contributed by atoms with Gasteiger partial charge in [0, 0.05) is 35.7 Å². The van der Waals surface area contributed by atoms with Crippen LogP contribution in [0.5, 0.6) is 57.5 Å². The van der Waals surface area contributed by atoms with E-state index in [9.17, 15) is 50.4 Å². The molecule has 46 heavy (non-hydrogen) atoms. The average Bonchev–Trinajstić information content (AvgIpc) is 2.97. The largest absolute Gasteiger partial charge is 0.508 e. The summed E-state index contributed by atoms with van der Waals surface area (Å²) in [5.41, 5.74) is 0.913. The van der Waals surface area contributed by atoms with Gasteiger partial charge >= 0.3 is 11.9 Å². The fourth-order valence-electron chi connectivity index (χ4n) is 4.70.